The lowest BCUT2D eigenvalue weighted by atomic mass is 9.84. The highest BCUT2D eigenvalue weighted by molar-refractivity contribution is 14.1. The second-order valence-corrected chi connectivity index (χ2v) is 8.32. The number of hydrogen-bond acceptors (Lipinski definition) is 2. The van der Waals surface area contributed by atoms with E-state index in [1.807, 2.05) is 32.0 Å². The summed E-state index contributed by atoms with van der Waals surface area (Å²) in [6.07, 6.45) is 6.61. The second kappa shape index (κ2) is 8.89. The van der Waals surface area contributed by atoms with Crippen molar-refractivity contribution >= 4 is 34.2 Å². The first kappa shape index (κ1) is 19.2. The van der Waals surface area contributed by atoms with E-state index in [9.17, 15) is 4.79 Å². The van der Waals surface area contributed by atoms with E-state index in [1.54, 1.807) is 0 Å². The van der Waals surface area contributed by atoms with Gasteiger partial charge in [0.15, 0.2) is 6.61 Å². The van der Waals surface area contributed by atoms with Crippen LogP contribution in [0, 0.1) is 17.4 Å². The van der Waals surface area contributed by atoms with Gasteiger partial charge in [-0.2, -0.15) is 0 Å². The minimum atomic E-state index is -0.134. The zero-order chi connectivity index (χ0) is 18.5. The maximum absolute atomic E-state index is 12.2. The molecule has 2 aromatic rings. The van der Waals surface area contributed by atoms with Crippen molar-refractivity contribution in [2.75, 3.05) is 11.9 Å². The van der Waals surface area contributed by atoms with Gasteiger partial charge in [0.2, 0.25) is 0 Å². The Hall–Kier alpha value is -1.56. The van der Waals surface area contributed by atoms with Gasteiger partial charge in [-0.1, -0.05) is 31.4 Å². The lowest BCUT2D eigenvalue weighted by Crippen LogP contribution is -2.20. The van der Waals surface area contributed by atoms with E-state index in [0.29, 0.717) is 5.92 Å². The fourth-order valence-corrected chi connectivity index (χ4v) is 4.15. The molecule has 1 aliphatic rings. The molecule has 1 amide bonds. The number of carbonyl (C=O) groups excluding carboxylic acids is 1. The van der Waals surface area contributed by atoms with Gasteiger partial charge >= 0.3 is 0 Å². The van der Waals surface area contributed by atoms with E-state index in [0.717, 1.165) is 22.6 Å². The SMILES string of the molecule is Cc1cc(NC(=O)COc2ccc(C3CCCCC3)cc2)c(C)cc1I. The minimum Gasteiger partial charge on any atom is -0.484 e. The summed E-state index contributed by atoms with van der Waals surface area (Å²) >= 11 is 2.31. The van der Waals surface area contributed by atoms with E-state index in [4.69, 9.17) is 4.74 Å². The summed E-state index contributed by atoms with van der Waals surface area (Å²) in [4.78, 5) is 12.2. The van der Waals surface area contributed by atoms with Crippen LogP contribution in [0.2, 0.25) is 0 Å². The molecular weight excluding hydrogens is 437 g/mol. The van der Waals surface area contributed by atoms with Crippen LogP contribution in [0.15, 0.2) is 36.4 Å². The van der Waals surface area contributed by atoms with Crippen LogP contribution >= 0.6 is 22.6 Å². The quantitative estimate of drug-likeness (QED) is 0.555. The smallest absolute Gasteiger partial charge is 0.262 e. The van der Waals surface area contributed by atoms with Crippen LogP contribution in [0.1, 0.15) is 54.7 Å². The van der Waals surface area contributed by atoms with Gasteiger partial charge in [-0.25, -0.2) is 0 Å². The van der Waals surface area contributed by atoms with Crippen molar-refractivity contribution in [1.82, 2.24) is 0 Å². The van der Waals surface area contributed by atoms with E-state index in [-0.39, 0.29) is 12.5 Å². The van der Waals surface area contributed by atoms with Crippen LogP contribution < -0.4 is 10.1 Å². The van der Waals surface area contributed by atoms with Crippen molar-refractivity contribution in [3.05, 3.63) is 56.7 Å². The van der Waals surface area contributed by atoms with E-state index in [1.165, 1.54) is 41.2 Å². The van der Waals surface area contributed by atoms with E-state index >= 15 is 0 Å². The van der Waals surface area contributed by atoms with Crippen molar-refractivity contribution in [2.24, 2.45) is 0 Å². The maximum atomic E-state index is 12.2. The first-order valence-electron chi connectivity index (χ1n) is 9.32. The summed E-state index contributed by atoms with van der Waals surface area (Å²) in [5.74, 6) is 1.30. The molecule has 1 aliphatic carbocycles. The Balaban J connectivity index is 1.53. The van der Waals surface area contributed by atoms with E-state index < -0.39 is 0 Å². The van der Waals surface area contributed by atoms with Crippen molar-refractivity contribution in [3.8, 4) is 5.75 Å². The molecule has 0 bridgehead atoms. The molecule has 0 heterocycles. The molecule has 0 atom stereocenters. The van der Waals surface area contributed by atoms with Crippen molar-refractivity contribution in [2.45, 2.75) is 51.9 Å². The van der Waals surface area contributed by atoms with Gasteiger partial charge in [0.05, 0.1) is 0 Å². The van der Waals surface area contributed by atoms with Crippen LogP contribution in [-0.2, 0) is 4.79 Å². The predicted octanol–water partition coefficient (Wildman–Crippen LogP) is 5.97. The Morgan fingerprint density at radius 2 is 1.77 bits per heavy atom. The molecule has 0 aliphatic heterocycles. The van der Waals surface area contributed by atoms with Crippen LogP contribution in [0.5, 0.6) is 5.75 Å². The average Bonchev–Trinajstić information content (AvgIpc) is 2.65. The molecule has 1 saturated carbocycles. The number of benzene rings is 2. The molecule has 3 rings (SSSR count). The number of hydrogen-bond donors (Lipinski definition) is 1. The molecule has 0 unspecified atom stereocenters. The molecule has 2 aromatic carbocycles. The maximum Gasteiger partial charge on any atom is 0.262 e. The van der Waals surface area contributed by atoms with Crippen LogP contribution in [-0.4, -0.2) is 12.5 Å². The van der Waals surface area contributed by atoms with Gasteiger partial charge in [0, 0.05) is 9.26 Å². The van der Waals surface area contributed by atoms with Gasteiger partial charge in [0.1, 0.15) is 5.75 Å². The fourth-order valence-electron chi connectivity index (χ4n) is 3.52. The summed E-state index contributed by atoms with van der Waals surface area (Å²) in [5, 5.41) is 2.94. The highest BCUT2D eigenvalue weighted by Gasteiger charge is 2.15. The zero-order valence-electron chi connectivity index (χ0n) is 15.5. The molecule has 138 valence electrons. The molecule has 4 heteroatoms. The number of amides is 1. The molecular formula is C22H26INO2. The van der Waals surface area contributed by atoms with Crippen LogP contribution in [0.3, 0.4) is 0 Å². The standard InChI is InChI=1S/C22H26INO2/c1-15-13-21(16(2)12-20(15)23)24-22(25)14-26-19-10-8-18(9-11-19)17-6-4-3-5-7-17/h8-13,17H,3-7,14H2,1-2H3,(H,24,25). The lowest BCUT2D eigenvalue weighted by molar-refractivity contribution is -0.118. The Morgan fingerprint density at radius 1 is 1.08 bits per heavy atom. The Kier molecular flexibility index (Phi) is 6.57. The lowest BCUT2D eigenvalue weighted by Gasteiger charge is -2.22. The summed E-state index contributed by atoms with van der Waals surface area (Å²) in [5.41, 5.74) is 4.46. The second-order valence-electron chi connectivity index (χ2n) is 7.16. The van der Waals surface area contributed by atoms with Crippen molar-refractivity contribution < 1.29 is 9.53 Å². The molecule has 0 spiro atoms. The third-order valence-corrected chi connectivity index (χ3v) is 6.27. The first-order valence-corrected chi connectivity index (χ1v) is 10.4. The fraction of sp³-hybridized carbons (Fsp3) is 0.409. The molecule has 0 radical (unpaired) electrons. The predicted molar refractivity (Wildman–Crippen MR) is 115 cm³/mol. The molecule has 26 heavy (non-hydrogen) atoms. The molecule has 1 fully saturated rings. The number of nitrogens with one attached hydrogen (secondary N) is 1. The Labute approximate surface area is 169 Å². The Morgan fingerprint density at radius 3 is 2.46 bits per heavy atom. The monoisotopic (exact) mass is 463 g/mol. The topological polar surface area (TPSA) is 38.3 Å². The number of halogens is 1. The average molecular weight is 463 g/mol. The summed E-state index contributed by atoms with van der Waals surface area (Å²) in [7, 11) is 0. The van der Waals surface area contributed by atoms with Gasteiger partial charge in [-0.05, 0) is 96.2 Å². The van der Waals surface area contributed by atoms with Gasteiger partial charge in [0.25, 0.3) is 5.91 Å². The number of aryl methyl sites for hydroxylation is 2. The molecule has 3 nitrogen and oxygen atoms in total. The molecule has 0 aromatic heterocycles. The van der Waals surface area contributed by atoms with Gasteiger partial charge < -0.3 is 10.1 Å². The van der Waals surface area contributed by atoms with Crippen LogP contribution in [0.25, 0.3) is 0 Å². The Bertz CT molecular complexity index is 764. The minimum absolute atomic E-state index is 0.0211. The normalized spacial score (nSPS) is 14.9. The van der Waals surface area contributed by atoms with Crippen LogP contribution in [0.4, 0.5) is 5.69 Å². The molecule has 0 saturated heterocycles. The zero-order valence-corrected chi connectivity index (χ0v) is 17.6. The van der Waals surface area contributed by atoms with E-state index in [2.05, 4.69) is 46.1 Å². The highest BCUT2D eigenvalue weighted by atomic mass is 127. The number of rotatable bonds is 5. The van der Waals surface area contributed by atoms with Gasteiger partial charge in [-0.15, -0.1) is 0 Å². The first-order chi connectivity index (χ1) is 12.5. The summed E-state index contributed by atoms with van der Waals surface area (Å²) < 4.78 is 6.86. The summed E-state index contributed by atoms with van der Waals surface area (Å²) in [6, 6.07) is 12.4. The largest absolute Gasteiger partial charge is 0.484 e. The summed E-state index contributed by atoms with van der Waals surface area (Å²) in [6.45, 7) is 4.07. The third-order valence-electron chi connectivity index (χ3n) is 5.11. The van der Waals surface area contributed by atoms with Gasteiger partial charge in [-0.3, -0.25) is 4.79 Å². The number of ether oxygens (including phenoxy) is 1. The van der Waals surface area contributed by atoms with Crippen molar-refractivity contribution in [1.29, 1.82) is 0 Å². The van der Waals surface area contributed by atoms with Crippen molar-refractivity contribution in [3.63, 3.8) is 0 Å². The third kappa shape index (κ3) is 5.00. The number of anilines is 1. The highest BCUT2D eigenvalue weighted by Crippen LogP contribution is 2.33. The molecule has 1 N–H and O–H groups in total. The number of carbonyl (C=O) groups is 1.